The van der Waals surface area contributed by atoms with Gasteiger partial charge in [0.25, 0.3) is 0 Å². The van der Waals surface area contributed by atoms with Crippen LogP contribution in [0.4, 0.5) is 0 Å². The largest absolute Gasteiger partial charge is 0.411 e. The van der Waals surface area contributed by atoms with Gasteiger partial charge in [0.15, 0.2) is 9.76 Å². The molecule has 0 aromatic heterocycles. The summed E-state index contributed by atoms with van der Waals surface area (Å²) in [6.45, 7) is 4.51. The van der Waals surface area contributed by atoms with E-state index in [4.69, 9.17) is 4.43 Å². The average Bonchev–Trinajstić information content (AvgIpc) is 2.60. The van der Waals surface area contributed by atoms with Crippen LogP contribution in [0.2, 0.25) is 0 Å². The first-order valence-electron chi connectivity index (χ1n) is 5.02. The molecule has 0 saturated carbocycles. The Bertz CT molecular complexity index is 298. The molecule has 0 aliphatic carbocycles. The normalized spacial score (nSPS) is 24.6. The van der Waals surface area contributed by atoms with E-state index in [2.05, 4.69) is 38.1 Å². The van der Waals surface area contributed by atoms with Gasteiger partial charge in [-0.05, 0) is 16.7 Å². The van der Waals surface area contributed by atoms with Crippen LogP contribution in [-0.2, 0) is 4.43 Å². The lowest BCUT2D eigenvalue weighted by Gasteiger charge is -2.18. The summed E-state index contributed by atoms with van der Waals surface area (Å²) in [5, 5.41) is 1.51. The molecule has 13 heavy (non-hydrogen) atoms. The van der Waals surface area contributed by atoms with Gasteiger partial charge >= 0.3 is 0 Å². The number of hydrogen-bond acceptors (Lipinski definition) is 1. The maximum atomic E-state index is 5.91. The number of benzene rings is 1. The van der Waals surface area contributed by atoms with Gasteiger partial charge in [0.05, 0.1) is 6.10 Å². The van der Waals surface area contributed by atoms with Gasteiger partial charge in [0.2, 0.25) is 0 Å². The molecule has 1 aromatic carbocycles. The van der Waals surface area contributed by atoms with Crippen LogP contribution in [-0.4, -0.2) is 9.76 Å². The Morgan fingerprint density at radius 1 is 1.46 bits per heavy atom. The molecule has 0 fully saturated rings. The van der Waals surface area contributed by atoms with Crippen molar-refractivity contribution in [1.82, 2.24) is 0 Å². The van der Waals surface area contributed by atoms with Gasteiger partial charge in [-0.25, -0.2) is 0 Å². The van der Waals surface area contributed by atoms with Crippen LogP contribution in [0.25, 0.3) is 0 Å². The first-order valence-corrected chi connectivity index (χ1v) is 6.30. The van der Waals surface area contributed by atoms with Gasteiger partial charge in [-0.15, -0.1) is 0 Å². The summed E-state index contributed by atoms with van der Waals surface area (Å²) in [4.78, 5) is 0. The maximum Gasteiger partial charge on any atom is 0.193 e. The first-order chi connectivity index (χ1) is 6.33. The predicted molar refractivity (Wildman–Crippen MR) is 57.9 cm³/mol. The monoisotopic (exact) mass is 192 g/mol. The molecule has 1 nitrogen and oxygen atoms in total. The SMILES string of the molecule is CCC(C)C1O[SiH2]c2ccccc21. The molecule has 1 aliphatic rings. The maximum absolute atomic E-state index is 5.91. The average molecular weight is 192 g/mol. The van der Waals surface area contributed by atoms with Crippen molar-refractivity contribution in [3.8, 4) is 0 Å². The summed E-state index contributed by atoms with van der Waals surface area (Å²) >= 11 is 0. The second-order valence-electron chi connectivity index (χ2n) is 3.82. The molecule has 0 bridgehead atoms. The van der Waals surface area contributed by atoms with E-state index in [-0.39, 0.29) is 0 Å². The van der Waals surface area contributed by atoms with Crippen molar-refractivity contribution >= 4 is 14.9 Å². The van der Waals surface area contributed by atoms with Crippen molar-refractivity contribution in [3.63, 3.8) is 0 Å². The quantitative estimate of drug-likeness (QED) is 0.646. The molecular weight excluding hydrogens is 176 g/mol. The first kappa shape index (κ1) is 8.97. The van der Waals surface area contributed by atoms with Gasteiger partial charge < -0.3 is 4.43 Å². The lowest BCUT2D eigenvalue weighted by Crippen LogP contribution is -2.10. The van der Waals surface area contributed by atoms with Crippen molar-refractivity contribution in [1.29, 1.82) is 0 Å². The Hall–Kier alpha value is -0.603. The van der Waals surface area contributed by atoms with Crippen molar-refractivity contribution in [2.75, 3.05) is 0 Å². The van der Waals surface area contributed by atoms with Gasteiger partial charge in [-0.2, -0.15) is 0 Å². The van der Waals surface area contributed by atoms with Gasteiger partial charge in [0, 0.05) is 0 Å². The minimum atomic E-state index is -0.408. The molecule has 70 valence electrons. The third-order valence-electron chi connectivity index (χ3n) is 2.94. The van der Waals surface area contributed by atoms with E-state index in [0.717, 1.165) is 0 Å². The summed E-state index contributed by atoms with van der Waals surface area (Å²) < 4.78 is 5.91. The zero-order valence-electron chi connectivity index (χ0n) is 8.29. The zero-order valence-corrected chi connectivity index (χ0v) is 9.70. The molecule has 1 aromatic rings. The molecule has 1 aliphatic heterocycles. The smallest absolute Gasteiger partial charge is 0.193 e. The molecule has 2 atom stereocenters. The molecular formula is C11H16OSi. The van der Waals surface area contributed by atoms with Gasteiger partial charge in [-0.1, -0.05) is 44.5 Å². The lowest BCUT2D eigenvalue weighted by molar-refractivity contribution is 0.163. The van der Waals surface area contributed by atoms with E-state index in [1.54, 1.807) is 0 Å². The van der Waals surface area contributed by atoms with Crippen LogP contribution in [0.1, 0.15) is 31.9 Å². The number of hydrogen-bond donors (Lipinski definition) is 0. The zero-order chi connectivity index (χ0) is 9.26. The van der Waals surface area contributed by atoms with Crippen molar-refractivity contribution < 1.29 is 4.43 Å². The van der Waals surface area contributed by atoms with Crippen LogP contribution in [0.5, 0.6) is 0 Å². The molecule has 0 amide bonds. The van der Waals surface area contributed by atoms with E-state index in [0.29, 0.717) is 12.0 Å². The number of rotatable bonds is 2. The molecule has 0 radical (unpaired) electrons. The third-order valence-corrected chi connectivity index (χ3v) is 4.42. The second-order valence-corrected chi connectivity index (χ2v) is 5.20. The Balaban J connectivity index is 2.28. The van der Waals surface area contributed by atoms with Crippen molar-refractivity contribution in [2.45, 2.75) is 26.4 Å². The summed E-state index contributed by atoms with van der Waals surface area (Å²) in [6, 6.07) is 8.70. The Kier molecular flexibility index (Phi) is 2.51. The Morgan fingerprint density at radius 3 is 3.00 bits per heavy atom. The highest BCUT2D eigenvalue weighted by molar-refractivity contribution is 6.49. The van der Waals surface area contributed by atoms with Crippen LogP contribution in [0.3, 0.4) is 0 Å². The second kappa shape index (κ2) is 3.64. The topological polar surface area (TPSA) is 9.23 Å². The number of fused-ring (bicyclic) bond motifs is 1. The van der Waals surface area contributed by atoms with E-state index in [9.17, 15) is 0 Å². The fourth-order valence-corrected chi connectivity index (χ4v) is 3.48. The molecule has 2 unspecified atom stereocenters. The lowest BCUT2D eigenvalue weighted by atomic mass is 9.95. The highest BCUT2D eigenvalue weighted by Gasteiger charge is 2.26. The highest BCUT2D eigenvalue weighted by Crippen LogP contribution is 2.29. The van der Waals surface area contributed by atoms with Crippen molar-refractivity contribution in [2.24, 2.45) is 5.92 Å². The molecule has 0 spiro atoms. The van der Waals surface area contributed by atoms with Crippen LogP contribution in [0, 0.1) is 5.92 Å². The fourth-order valence-electron chi connectivity index (χ4n) is 1.90. The van der Waals surface area contributed by atoms with E-state index in [1.807, 2.05) is 0 Å². The molecule has 1 heterocycles. The fraction of sp³-hybridized carbons (Fsp3) is 0.455. The molecule has 0 N–H and O–H groups in total. The molecule has 2 heteroatoms. The van der Waals surface area contributed by atoms with Crippen LogP contribution < -0.4 is 5.19 Å². The van der Waals surface area contributed by atoms with Crippen LogP contribution in [0.15, 0.2) is 24.3 Å². The van der Waals surface area contributed by atoms with Gasteiger partial charge in [0.1, 0.15) is 0 Å². The predicted octanol–water partition coefficient (Wildman–Crippen LogP) is 1.51. The Morgan fingerprint density at radius 2 is 2.23 bits per heavy atom. The van der Waals surface area contributed by atoms with Crippen molar-refractivity contribution in [3.05, 3.63) is 29.8 Å². The standard InChI is InChI=1S/C11H16OSi/c1-3-8(2)11-9-6-4-5-7-10(9)13-12-11/h4-8,11H,3,13H2,1-2H3. The molecule has 2 rings (SSSR count). The van der Waals surface area contributed by atoms with E-state index in [1.165, 1.54) is 17.2 Å². The minimum absolute atomic E-state index is 0.396. The van der Waals surface area contributed by atoms with Crippen LogP contribution >= 0.6 is 0 Å². The Labute approximate surface area is 82.1 Å². The summed E-state index contributed by atoms with van der Waals surface area (Å²) in [7, 11) is -0.408. The van der Waals surface area contributed by atoms with E-state index >= 15 is 0 Å². The third kappa shape index (κ3) is 1.56. The highest BCUT2D eigenvalue weighted by atomic mass is 28.2. The summed E-state index contributed by atoms with van der Waals surface area (Å²) in [5.74, 6) is 0.663. The van der Waals surface area contributed by atoms with Gasteiger partial charge in [-0.3, -0.25) is 0 Å². The minimum Gasteiger partial charge on any atom is -0.411 e. The molecule has 0 saturated heterocycles. The van der Waals surface area contributed by atoms with E-state index < -0.39 is 9.76 Å². The summed E-state index contributed by atoms with van der Waals surface area (Å²) in [6.07, 6.45) is 1.60. The summed E-state index contributed by atoms with van der Waals surface area (Å²) in [5.41, 5.74) is 1.46.